The number of carbonyl (C=O) groups is 1. The average Bonchev–Trinajstić information content (AvgIpc) is 3.18. The van der Waals surface area contributed by atoms with Crippen LogP contribution in [0.3, 0.4) is 0 Å². The van der Waals surface area contributed by atoms with E-state index in [0.717, 1.165) is 10.0 Å². The lowest BCUT2D eigenvalue weighted by atomic mass is 10.1. The summed E-state index contributed by atoms with van der Waals surface area (Å²) < 4.78 is 21.7. The molecule has 1 amide bonds. The Labute approximate surface area is 164 Å². The number of aromatic nitrogens is 2. The molecule has 3 aromatic rings. The second-order valence-corrected chi connectivity index (χ2v) is 7.20. The van der Waals surface area contributed by atoms with Gasteiger partial charge in [0.25, 0.3) is 5.91 Å². The molecule has 1 atom stereocenters. The van der Waals surface area contributed by atoms with Gasteiger partial charge in [-0.3, -0.25) is 4.79 Å². The van der Waals surface area contributed by atoms with E-state index in [-0.39, 0.29) is 17.8 Å². The Bertz CT molecular complexity index is 958. The standard InChI is InChI=1S/C20H17BrFN3O2/c21-15-6-4-14(5-7-15)19-13-24(10-11-27-19)20(26)18-8-9-25(23-18)17-3-1-2-16(22)12-17/h1-9,12,19H,10-11,13H2/t19-/m1/s1. The maximum Gasteiger partial charge on any atom is 0.274 e. The predicted octanol–water partition coefficient (Wildman–Crippen LogP) is 3.99. The molecule has 1 aromatic heterocycles. The van der Waals surface area contributed by atoms with E-state index in [1.54, 1.807) is 29.3 Å². The maximum atomic E-state index is 13.4. The lowest BCUT2D eigenvalue weighted by Crippen LogP contribution is -2.42. The van der Waals surface area contributed by atoms with Gasteiger partial charge >= 0.3 is 0 Å². The van der Waals surface area contributed by atoms with Crippen LogP contribution < -0.4 is 0 Å². The summed E-state index contributed by atoms with van der Waals surface area (Å²) in [4.78, 5) is 14.6. The third-order valence-corrected chi connectivity index (χ3v) is 5.01. The van der Waals surface area contributed by atoms with Gasteiger partial charge in [-0.15, -0.1) is 0 Å². The third-order valence-electron chi connectivity index (χ3n) is 4.48. The number of nitrogens with zero attached hydrogens (tertiary/aromatic N) is 3. The van der Waals surface area contributed by atoms with Crippen molar-refractivity contribution in [3.63, 3.8) is 0 Å². The molecule has 27 heavy (non-hydrogen) atoms. The van der Waals surface area contributed by atoms with Crippen molar-refractivity contribution in [1.82, 2.24) is 14.7 Å². The molecule has 4 rings (SSSR count). The number of hydrogen-bond acceptors (Lipinski definition) is 3. The monoisotopic (exact) mass is 429 g/mol. The molecule has 0 spiro atoms. The zero-order chi connectivity index (χ0) is 18.8. The first-order chi connectivity index (χ1) is 13.1. The van der Waals surface area contributed by atoms with Crippen molar-refractivity contribution in [2.75, 3.05) is 19.7 Å². The van der Waals surface area contributed by atoms with E-state index in [1.165, 1.54) is 16.8 Å². The molecule has 7 heteroatoms. The Balaban J connectivity index is 1.50. The molecule has 0 unspecified atom stereocenters. The van der Waals surface area contributed by atoms with Crippen molar-refractivity contribution in [2.45, 2.75) is 6.10 Å². The quantitative estimate of drug-likeness (QED) is 0.632. The SMILES string of the molecule is O=C(c1ccn(-c2cccc(F)c2)n1)N1CCO[C@@H](c2ccc(Br)cc2)C1. The normalized spacial score (nSPS) is 17.1. The highest BCUT2D eigenvalue weighted by molar-refractivity contribution is 9.10. The van der Waals surface area contributed by atoms with E-state index in [4.69, 9.17) is 4.74 Å². The van der Waals surface area contributed by atoms with Crippen molar-refractivity contribution in [3.8, 4) is 5.69 Å². The van der Waals surface area contributed by atoms with Crippen LogP contribution in [0.25, 0.3) is 5.69 Å². The molecule has 2 heterocycles. The lowest BCUT2D eigenvalue weighted by Gasteiger charge is -2.32. The Hall–Kier alpha value is -2.51. The van der Waals surface area contributed by atoms with Crippen molar-refractivity contribution < 1.29 is 13.9 Å². The van der Waals surface area contributed by atoms with Crippen LogP contribution in [-0.4, -0.2) is 40.3 Å². The van der Waals surface area contributed by atoms with Gasteiger partial charge in [-0.05, 0) is 42.0 Å². The molecule has 0 aliphatic carbocycles. The van der Waals surface area contributed by atoms with Crippen LogP contribution >= 0.6 is 15.9 Å². The minimum atomic E-state index is -0.346. The maximum absolute atomic E-state index is 13.4. The number of amides is 1. The van der Waals surface area contributed by atoms with Crippen molar-refractivity contribution in [3.05, 3.63) is 82.3 Å². The molecule has 1 aliphatic heterocycles. The van der Waals surface area contributed by atoms with Gasteiger partial charge in [0.05, 0.1) is 18.8 Å². The van der Waals surface area contributed by atoms with Crippen LogP contribution in [-0.2, 0) is 4.74 Å². The molecule has 0 saturated carbocycles. The Kier molecular flexibility index (Phi) is 5.05. The lowest BCUT2D eigenvalue weighted by molar-refractivity contribution is -0.0230. The summed E-state index contributed by atoms with van der Waals surface area (Å²) in [6, 6.07) is 15.6. The number of ether oxygens (including phenoxy) is 1. The molecule has 5 nitrogen and oxygen atoms in total. The molecule has 0 N–H and O–H groups in total. The first kappa shape index (κ1) is 17.9. The molecule has 1 fully saturated rings. The zero-order valence-corrected chi connectivity index (χ0v) is 16.0. The summed E-state index contributed by atoms with van der Waals surface area (Å²) in [5.74, 6) is -0.503. The van der Waals surface area contributed by atoms with Gasteiger partial charge in [0.15, 0.2) is 5.69 Å². The Morgan fingerprint density at radius 1 is 1.19 bits per heavy atom. The molecular weight excluding hydrogens is 413 g/mol. The fourth-order valence-corrected chi connectivity index (χ4v) is 3.34. The van der Waals surface area contributed by atoms with Gasteiger partial charge in [0, 0.05) is 17.2 Å². The number of hydrogen-bond donors (Lipinski definition) is 0. The number of morpholine rings is 1. The van der Waals surface area contributed by atoms with Crippen LogP contribution in [0.5, 0.6) is 0 Å². The smallest absolute Gasteiger partial charge is 0.274 e. The second kappa shape index (κ2) is 7.62. The average molecular weight is 430 g/mol. The highest BCUT2D eigenvalue weighted by Crippen LogP contribution is 2.24. The first-order valence-corrected chi connectivity index (χ1v) is 9.37. The summed E-state index contributed by atoms with van der Waals surface area (Å²) in [6.07, 6.45) is 1.50. The van der Waals surface area contributed by atoms with E-state index in [2.05, 4.69) is 21.0 Å². The summed E-state index contributed by atoms with van der Waals surface area (Å²) in [5.41, 5.74) is 1.93. The predicted molar refractivity (Wildman–Crippen MR) is 102 cm³/mol. The molecular formula is C20H17BrFN3O2. The Morgan fingerprint density at radius 2 is 2.00 bits per heavy atom. The largest absolute Gasteiger partial charge is 0.370 e. The molecule has 138 valence electrons. The Morgan fingerprint density at radius 3 is 2.78 bits per heavy atom. The van der Waals surface area contributed by atoms with Gasteiger partial charge < -0.3 is 9.64 Å². The third kappa shape index (κ3) is 3.94. The van der Waals surface area contributed by atoms with Crippen molar-refractivity contribution in [1.29, 1.82) is 0 Å². The van der Waals surface area contributed by atoms with Crippen LogP contribution in [0, 0.1) is 5.82 Å². The number of carbonyl (C=O) groups excluding carboxylic acids is 1. The van der Waals surface area contributed by atoms with Gasteiger partial charge in [-0.25, -0.2) is 9.07 Å². The van der Waals surface area contributed by atoms with Gasteiger partial charge in [0.1, 0.15) is 11.9 Å². The molecule has 1 saturated heterocycles. The molecule has 0 bridgehead atoms. The van der Waals surface area contributed by atoms with Crippen LogP contribution in [0.1, 0.15) is 22.2 Å². The number of benzene rings is 2. The second-order valence-electron chi connectivity index (χ2n) is 6.29. The fraction of sp³-hybridized carbons (Fsp3) is 0.200. The van der Waals surface area contributed by atoms with Gasteiger partial charge in [-0.2, -0.15) is 5.10 Å². The highest BCUT2D eigenvalue weighted by atomic mass is 79.9. The topological polar surface area (TPSA) is 47.4 Å². The molecule has 0 radical (unpaired) electrons. The fourth-order valence-electron chi connectivity index (χ4n) is 3.08. The van der Waals surface area contributed by atoms with E-state index in [9.17, 15) is 9.18 Å². The summed E-state index contributed by atoms with van der Waals surface area (Å²) in [6.45, 7) is 1.45. The van der Waals surface area contributed by atoms with E-state index in [0.29, 0.717) is 31.1 Å². The summed E-state index contributed by atoms with van der Waals surface area (Å²) in [7, 11) is 0. The van der Waals surface area contributed by atoms with Crippen LogP contribution in [0.15, 0.2) is 65.3 Å². The minimum Gasteiger partial charge on any atom is -0.370 e. The van der Waals surface area contributed by atoms with Crippen LogP contribution in [0.2, 0.25) is 0 Å². The van der Waals surface area contributed by atoms with E-state index in [1.807, 2.05) is 24.3 Å². The van der Waals surface area contributed by atoms with Gasteiger partial charge in [0.2, 0.25) is 0 Å². The van der Waals surface area contributed by atoms with Crippen molar-refractivity contribution >= 4 is 21.8 Å². The van der Waals surface area contributed by atoms with Crippen LogP contribution in [0.4, 0.5) is 4.39 Å². The summed E-state index contributed by atoms with van der Waals surface area (Å²) >= 11 is 3.42. The minimum absolute atomic E-state index is 0.157. The molecule has 2 aromatic carbocycles. The van der Waals surface area contributed by atoms with Gasteiger partial charge in [-0.1, -0.05) is 34.1 Å². The molecule has 1 aliphatic rings. The van der Waals surface area contributed by atoms with E-state index < -0.39 is 0 Å². The zero-order valence-electron chi connectivity index (χ0n) is 14.4. The number of rotatable bonds is 3. The van der Waals surface area contributed by atoms with E-state index >= 15 is 0 Å². The number of halogens is 2. The van der Waals surface area contributed by atoms with Crippen molar-refractivity contribution in [2.24, 2.45) is 0 Å². The highest BCUT2D eigenvalue weighted by Gasteiger charge is 2.27. The first-order valence-electron chi connectivity index (χ1n) is 8.58. The summed E-state index contributed by atoms with van der Waals surface area (Å²) in [5, 5.41) is 4.32.